The molecule has 146 valence electrons. The summed E-state index contributed by atoms with van der Waals surface area (Å²) in [7, 11) is 0. The zero-order valence-electron chi connectivity index (χ0n) is 15.7. The maximum Gasteiger partial charge on any atom is 0.273 e. The van der Waals surface area contributed by atoms with Crippen molar-refractivity contribution >= 4 is 17.2 Å². The lowest BCUT2D eigenvalue weighted by Gasteiger charge is -2.34. The first-order valence-corrected chi connectivity index (χ1v) is 10.2. The van der Waals surface area contributed by atoms with Crippen LogP contribution in [0.2, 0.25) is 0 Å². The van der Waals surface area contributed by atoms with Gasteiger partial charge in [-0.2, -0.15) is 5.26 Å². The number of carbonyl (C=O) groups is 1. The third-order valence-corrected chi connectivity index (χ3v) is 5.85. The van der Waals surface area contributed by atoms with Crippen LogP contribution < -0.4 is 0 Å². The number of amides is 1. The van der Waals surface area contributed by atoms with Gasteiger partial charge in [0.05, 0.1) is 11.6 Å². The smallest absolute Gasteiger partial charge is 0.273 e. The molecule has 0 radical (unpaired) electrons. The summed E-state index contributed by atoms with van der Waals surface area (Å²) in [5.74, 6) is -0.354. The van der Waals surface area contributed by atoms with E-state index in [1.165, 1.54) is 23.5 Å². The summed E-state index contributed by atoms with van der Waals surface area (Å²) in [5.41, 5.74) is 3.07. The molecule has 0 aliphatic carbocycles. The van der Waals surface area contributed by atoms with Crippen LogP contribution in [-0.4, -0.2) is 46.9 Å². The van der Waals surface area contributed by atoms with Crippen molar-refractivity contribution in [3.05, 3.63) is 76.5 Å². The number of nitrogens with zero attached hydrogens (tertiary/aromatic N) is 4. The zero-order valence-corrected chi connectivity index (χ0v) is 16.5. The molecule has 2 aromatic carbocycles. The Morgan fingerprint density at radius 1 is 1.07 bits per heavy atom. The van der Waals surface area contributed by atoms with E-state index in [0.29, 0.717) is 29.4 Å². The van der Waals surface area contributed by atoms with E-state index < -0.39 is 0 Å². The van der Waals surface area contributed by atoms with Gasteiger partial charge in [-0.15, -0.1) is 11.3 Å². The van der Waals surface area contributed by atoms with E-state index in [2.05, 4.69) is 16.0 Å². The molecule has 7 heteroatoms. The Bertz CT molecular complexity index is 1030. The second-order valence-corrected chi connectivity index (χ2v) is 7.78. The summed E-state index contributed by atoms with van der Waals surface area (Å²) in [5, 5.41) is 11.4. The van der Waals surface area contributed by atoms with Crippen LogP contribution in [0.25, 0.3) is 10.6 Å². The van der Waals surface area contributed by atoms with Crippen molar-refractivity contribution < 1.29 is 9.18 Å². The fourth-order valence-corrected chi connectivity index (χ4v) is 4.11. The van der Waals surface area contributed by atoms with E-state index in [1.54, 1.807) is 17.5 Å². The minimum absolute atomic E-state index is 0.0624. The van der Waals surface area contributed by atoms with Crippen molar-refractivity contribution in [1.82, 2.24) is 14.8 Å². The number of piperazine rings is 1. The van der Waals surface area contributed by atoms with E-state index in [9.17, 15) is 9.18 Å². The lowest BCUT2D eigenvalue weighted by Crippen LogP contribution is -2.48. The SMILES string of the molecule is N#Cc1ccc(CN2CCN(C(=O)c3csc(-c4ccc(F)cc4)n3)CC2)cc1. The highest BCUT2D eigenvalue weighted by molar-refractivity contribution is 7.13. The molecule has 0 atom stereocenters. The number of rotatable bonds is 4. The molecule has 0 bridgehead atoms. The van der Waals surface area contributed by atoms with E-state index in [1.807, 2.05) is 29.2 Å². The topological polar surface area (TPSA) is 60.2 Å². The molecule has 4 rings (SSSR count). The van der Waals surface area contributed by atoms with Crippen molar-refractivity contribution in [2.24, 2.45) is 0 Å². The Hall–Kier alpha value is -3.08. The van der Waals surface area contributed by atoms with E-state index >= 15 is 0 Å². The second kappa shape index (κ2) is 8.52. The van der Waals surface area contributed by atoms with Crippen molar-refractivity contribution in [3.63, 3.8) is 0 Å². The van der Waals surface area contributed by atoms with Crippen LogP contribution >= 0.6 is 11.3 Å². The van der Waals surface area contributed by atoms with Crippen LogP contribution in [0, 0.1) is 17.1 Å². The molecule has 5 nitrogen and oxygen atoms in total. The quantitative estimate of drug-likeness (QED) is 0.662. The van der Waals surface area contributed by atoms with Gasteiger partial charge in [0.1, 0.15) is 16.5 Å². The molecular weight excluding hydrogens is 387 g/mol. The van der Waals surface area contributed by atoms with Gasteiger partial charge >= 0.3 is 0 Å². The molecule has 1 aliphatic rings. The first kappa shape index (κ1) is 19.2. The summed E-state index contributed by atoms with van der Waals surface area (Å²) in [4.78, 5) is 21.4. The second-order valence-electron chi connectivity index (χ2n) is 6.92. The molecular formula is C22H19FN4OS. The lowest BCUT2D eigenvalue weighted by molar-refractivity contribution is 0.0623. The fourth-order valence-electron chi connectivity index (χ4n) is 3.31. The number of halogens is 1. The van der Waals surface area contributed by atoms with E-state index in [0.717, 1.165) is 30.8 Å². The molecule has 29 heavy (non-hydrogen) atoms. The summed E-state index contributed by atoms with van der Waals surface area (Å²) in [6.07, 6.45) is 0. The Morgan fingerprint density at radius 2 is 1.76 bits per heavy atom. The van der Waals surface area contributed by atoms with Crippen molar-refractivity contribution in [2.75, 3.05) is 26.2 Å². The molecule has 0 spiro atoms. The summed E-state index contributed by atoms with van der Waals surface area (Å²) < 4.78 is 13.1. The summed E-state index contributed by atoms with van der Waals surface area (Å²) in [6, 6.07) is 15.9. The van der Waals surface area contributed by atoms with Gasteiger partial charge in [0, 0.05) is 43.7 Å². The van der Waals surface area contributed by atoms with Gasteiger partial charge < -0.3 is 4.90 Å². The maximum atomic E-state index is 13.1. The molecule has 1 fully saturated rings. The third kappa shape index (κ3) is 4.50. The molecule has 0 unspecified atom stereocenters. The Kier molecular flexibility index (Phi) is 5.65. The molecule has 3 aromatic rings. The number of benzene rings is 2. The standard InChI is InChI=1S/C22H19FN4OS/c23-19-7-5-18(6-8-19)21-25-20(15-29-21)22(28)27-11-9-26(10-12-27)14-17-3-1-16(13-24)2-4-17/h1-8,15H,9-12,14H2. The molecule has 1 amide bonds. The van der Waals surface area contributed by atoms with Crippen LogP contribution in [0.1, 0.15) is 21.6 Å². The van der Waals surface area contributed by atoms with Gasteiger partial charge in [0.2, 0.25) is 0 Å². The average Bonchev–Trinajstić information content (AvgIpc) is 3.25. The normalized spacial score (nSPS) is 14.6. The minimum atomic E-state index is -0.291. The van der Waals surface area contributed by atoms with E-state index in [4.69, 9.17) is 5.26 Å². The number of aromatic nitrogens is 1. The predicted molar refractivity (Wildman–Crippen MR) is 110 cm³/mol. The maximum absolute atomic E-state index is 13.1. The minimum Gasteiger partial charge on any atom is -0.335 e. The number of hydrogen-bond acceptors (Lipinski definition) is 5. The Balaban J connectivity index is 1.34. The van der Waals surface area contributed by atoms with Crippen molar-refractivity contribution in [2.45, 2.75) is 6.54 Å². The number of carbonyl (C=O) groups excluding carboxylic acids is 1. The highest BCUT2D eigenvalue weighted by Gasteiger charge is 2.24. The fraction of sp³-hybridized carbons (Fsp3) is 0.227. The highest BCUT2D eigenvalue weighted by atomic mass is 32.1. The molecule has 1 aliphatic heterocycles. The van der Waals surface area contributed by atoms with Crippen molar-refractivity contribution in [3.8, 4) is 16.6 Å². The zero-order chi connectivity index (χ0) is 20.2. The first-order valence-electron chi connectivity index (χ1n) is 9.34. The number of hydrogen-bond donors (Lipinski definition) is 0. The molecule has 0 saturated carbocycles. The monoisotopic (exact) mass is 406 g/mol. The molecule has 0 N–H and O–H groups in total. The van der Waals surface area contributed by atoms with Crippen LogP contribution in [-0.2, 0) is 6.54 Å². The van der Waals surface area contributed by atoms with Crippen LogP contribution in [0.5, 0.6) is 0 Å². The number of nitriles is 1. The van der Waals surface area contributed by atoms with Gasteiger partial charge in [0.15, 0.2) is 0 Å². The molecule has 1 aromatic heterocycles. The largest absolute Gasteiger partial charge is 0.335 e. The van der Waals surface area contributed by atoms with Crippen molar-refractivity contribution in [1.29, 1.82) is 5.26 Å². The molecule has 2 heterocycles. The number of thiazole rings is 1. The third-order valence-electron chi connectivity index (χ3n) is 4.96. The predicted octanol–water partition coefficient (Wildman–Crippen LogP) is 3.78. The summed E-state index contributed by atoms with van der Waals surface area (Å²) in [6.45, 7) is 3.69. The van der Waals surface area contributed by atoms with Gasteiger partial charge in [-0.25, -0.2) is 9.37 Å². The van der Waals surface area contributed by atoms with Gasteiger partial charge in [0.25, 0.3) is 5.91 Å². The van der Waals surface area contributed by atoms with Gasteiger partial charge in [-0.05, 0) is 42.0 Å². The Morgan fingerprint density at radius 3 is 2.41 bits per heavy atom. The van der Waals surface area contributed by atoms with E-state index in [-0.39, 0.29) is 11.7 Å². The lowest BCUT2D eigenvalue weighted by atomic mass is 10.1. The van der Waals surface area contributed by atoms with Gasteiger partial charge in [-0.3, -0.25) is 9.69 Å². The van der Waals surface area contributed by atoms with Crippen LogP contribution in [0.4, 0.5) is 4.39 Å². The van der Waals surface area contributed by atoms with Gasteiger partial charge in [-0.1, -0.05) is 12.1 Å². The van der Waals surface area contributed by atoms with Crippen LogP contribution in [0.15, 0.2) is 53.9 Å². The van der Waals surface area contributed by atoms with Crippen LogP contribution in [0.3, 0.4) is 0 Å². The first-order chi connectivity index (χ1) is 14.1. The average molecular weight is 406 g/mol. The highest BCUT2D eigenvalue weighted by Crippen LogP contribution is 2.24. The molecule has 1 saturated heterocycles. The summed E-state index contributed by atoms with van der Waals surface area (Å²) >= 11 is 1.39. The Labute approximate surface area is 172 Å².